The zero-order valence-electron chi connectivity index (χ0n) is 21.6. The summed E-state index contributed by atoms with van der Waals surface area (Å²) in [5, 5.41) is 8.21. The Balaban J connectivity index is 1.64. The van der Waals surface area contributed by atoms with Gasteiger partial charge in [-0.25, -0.2) is 0 Å². The second-order valence-electron chi connectivity index (χ2n) is 9.18. The molecule has 1 N–H and O–H groups in total. The highest BCUT2D eigenvalue weighted by molar-refractivity contribution is 6.76. The van der Waals surface area contributed by atoms with E-state index >= 15 is 0 Å². The summed E-state index contributed by atoms with van der Waals surface area (Å²) < 4.78 is 29.4. The third-order valence-corrected chi connectivity index (χ3v) is 6.86. The Morgan fingerprint density at radius 3 is 1.51 bits per heavy atom. The lowest BCUT2D eigenvalue weighted by atomic mass is 9.96. The van der Waals surface area contributed by atoms with Crippen LogP contribution in [0.4, 0.5) is 0 Å². The number of hydrogen-bond donors (Lipinski definition) is 1. The maximum atomic E-state index is 8.21. The number of alkyl halides is 3. The van der Waals surface area contributed by atoms with Crippen molar-refractivity contribution in [2.45, 2.75) is 67.7 Å². The van der Waals surface area contributed by atoms with Crippen LogP contribution >= 0.6 is 34.8 Å². The van der Waals surface area contributed by atoms with Gasteiger partial charge in [0.05, 0.1) is 25.9 Å². The van der Waals surface area contributed by atoms with Crippen molar-refractivity contribution in [1.82, 2.24) is 0 Å². The molecule has 6 nitrogen and oxygen atoms in total. The molecule has 1 aliphatic rings. The summed E-state index contributed by atoms with van der Waals surface area (Å²) in [7, 11) is 0. The molecule has 1 fully saturated rings. The number of benzene rings is 3. The Morgan fingerprint density at radius 1 is 0.692 bits per heavy atom. The molecule has 5 atom stereocenters. The van der Waals surface area contributed by atoms with Gasteiger partial charge in [-0.15, -0.1) is 0 Å². The fourth-order valence-electron chi connectivity index (χ4n) is 4.35. The molecule has 0 aromatic heterocycles. The van der Waals surface area contributed by atoms with Crippen LogP contribution < -0.4 is 0 Å². The summed E-state index contributed by atoms with van der Waals surface area (Å²) in [6, 6.07) is 29.5. The van der Waals surface area contributed by atoms with E-state index in [1.165, 1.54) is 0 Å². The van der Waals surface area contributed by atoms with E-state index in [1.807, 2.05) is 97.9 Å². The van der Waals surface area contributed by atoms with Crippen LogP contribution in [0.2, 0.25) is 0 Å². The first-order chi connectivity index (χ1) is 18.8. The molecule has 0 bridgehead atoms. The standard InChI is InChI=1S/C30H32Cl3NO5/c1-2-24-25(35-18-21-12-6-3-7-13-21)26(36-19-22-14-8-4-9-15-22)27(37-20-23-16-10-5-11-17-23)28(38-24)39-29(34)30(31,32)33/h3-17,24-28,34H,2,18-20H2,1H3. The van der Waals surface area contributed by atoms with Gasteiger partial charge >= 0.3 is 0 Å². The van der Waals surface area contributed by atoms with Crippen molar-refractivity contribution in [2.75, 3.05) is 0 Å². The summed E-state index contributed by atoms with van der Waals surface area (Å²) in [6.45, 7) is 2.91. The van der Waals surface area contributed by atoms with Crippen molar-refractivity contribution in [3.8, 4) is 0 Å². The number of ether oxygens (including phenoxy) is 5. The van der Waals surface area contributed by atoms with Crippen molar-refractivity contribution < 1.29 is 23.7 Å². The summed E-state index contributed by atoms with van der Waals surface area (Å²) in [4.78, 5) is 0. The van der Waals surface area contributed by atoms with Crippen molar-refractivity contribution in [3.63, 3.8) is 0 Å². The highest BCUT2D eigenvalue weighted by atomic mass is 35.6. The van der Waals surface area contributed by atoms with Gasteiger partial charge in [-0.1, -0.05) is 133 Å². The van der Waals surface area contributed by atoms with Gasteiger partial charge in [0.25, 0.3) is 3.79 Å². The molecule has 5 unspecified atom stereocenters. The SMILES string of the molecule is CCC1OC(OC(=N)C(Cl)(Cl)Cl)C(OCc2ccccc2)C(OCc2ccccc2)C1OCc1ccccc1. The van der Waals surface area contributed by atoms with E-state index in [1.54, 1.807) is 0 Å². The molecule has 1 heterocycles. The number of nitrogens with one attached hydrogen (secondary N) is 1. The highest BCUT2D eigenvalue weighted by Crippen LogP contribution is 2.35. The largest absolute Gasteiger partial charge is 0.445 e. The van der Waals surface area contributed by atoms with Crippen LogP contribution in [0.5, 0.6) is 0 Å². The molecule has 1 aliphatic heterocycles. The van der Waals surface area contributed by atoms with Gasteiger partial charge in [-0.3, -0.25) is 5.41 Å². The molecule has 0 spiro atoms. The predicted molar refractivity (Wildman–Crippen MR) is 153 cm³/mol. The minimum Gasteiger partial charge on any atom is -0.445 e. The molecule has 0 saturated carbocycles. The summed E-state index contributed by atoms with van der Waals surface area (Å²) in [5.41, 5.74) is 2.97. The molecular weight excluding hydrogens is 561 g/mol. The second kappa shape index (κ2) is 14.5. The van der Waals surface area contributed by atoms with Crippen molar-refractivity contribution in [2.24, 2.45) is 0 Å². The van der Waals surface area contributed by atoms with E-state index in [2.05, 4.69) is 0 Å². The van der Waals surface area contributed by atoms with Gasteiger partial charge in [0, 0.05) is 0 Å². The van der Waals surface area contributed by atoms with E-state index in [0.29, 0.717) is 19.6 Å². The molecular formula is C30H32Cl3NO5. The topological polar surface area (TPSA) is 70.0 Å². The maximum absolute atomic E-state index is 8.21. The van der Waals surface area contributed by atoms with Gasteiger partial charge < -0.3 is 23.7 Å². The molecule has 0 amide bonds. The first kappa shape index (κ1) is 29.8. The molecule has 3 aromatic carbocycles. The number of hydrogen-bond acceptors (Lipinski definition) is 6. The molecule has 1 saturated heterocycles. The molecule has 0 aliphatic carbocycles. The summed E-state index contributed by atoms with van der Waals surface area (Å²) >= 11 is 17.8. The Morgan fingerprint density at radius 2 is 1.10 bits per heavy atom. The molecule has 0 radical (unpaired) electrons. The van der Waals surface area contributed by atoms with E-state index in [4.69, 9.17) is 63.9 Å². The Labute approximate surface area is 244 Å². The van der Waals surface area contributed by atoms with Crippen molar-refractivity contribution in [1.29, 1.82) is 5.41 Å². The second-order valence-corrected chi connectivity index (χ2v) is 11.5. The summed E-state index contributed by atoms with van der Waals surface area (Å²) in [6.07, 6.45) is -2.83. The minimum absolute atomic E-state index is 0.253. The van der Waals surface area contributed by atoms with Crippen LogP contribution in [-0.4, -0.2) is 40.4 Å². The van der Waals surface area contributed by atoms with Crippen LogP contribution in [0.25, 0.3) is 0 Å². The van der Waals surface area contributed by atoms with Gasteiger partial charge in [0.2, 0.25) is 12.2 Å². The van der Waals surface area contributed by atoms with Crippen LogP contribution in [0.15, 0.2) is 91.0 Å². The van der Waals surface area contributed by atoms with Gasteiger partial charge in [0.15, 0.2) is 0 Å². The third kappa shape index (κ3) is 8.66. The normalized spacial score (nSPS) is 23.3. The average molecular weight is 593 g/mol. The Hall–Kier alpha value is -2.16. The van der Waals surface area contributed by atoms with Crippen molar-refractivity contribution >= 4 is 40.7 Å². The van der Waals surface area contributed by atoms with Crippen LogP contribution in [0.1, 0.15) is 30.0 Å². The van der Waals surface area contributed by atoms with Crippen LogP contribution in [0.3, 0.4) is 0 Å². The lowest BCUT2D eigenvalue weighted by Crippen LogP contribution is -2.61. The quantitative estimate of drug-likeness (QED) is 0.144. The molecule has 3 aromatic rings. The van der Waals surface area contributed by atoms with Gasteiger partial charge in [0.1, 0.15) is 18.3 Å². The third-order valence-electron chi connectivity index (χ3n) is 6.34. The first-order valence-electron chi connectivity index (χ1n) is 12.8. The Bertz CT molecular complexity index is 1150. The van der Waals surface area contributed by atoms with Gasteiger partial charge in [-0.05, 0) is 23.1 Å². The first-order valence-corrected chi connectivity index (χ1v) is 13.9. The number of halogens is 3. The van der Waals surface area contributed by atoms with E-state index in [0.717, 1.165) is 16.7 Å². The fourth-order valence-corrected chi connectivity index (χ4v) is 4.49. The van der Waals surface area contributed by atoms with E-state index in [9.17, 15) is 0 Å². The lowest BCUT2D eigenvalue weighted by molar-refractivity contribution is -0.307. The molecule has 208 valence electrons. The monoisotopic (exact) mass is 591 g/mol. The van der Waals surface area contributed by atoms with Crippen LogP contribution in [-0.2, 0) is 43.5 Å². The average Bonchev–Trinajstić information content (AvgIpc) is 2.95. The predicted octanol–water partition coefficient (Wildman–Crippen LogP) is 7.24. The van der Waals surface area contributed by atoms with E-state index < -0.39 is 40.4 Å². The Kier molecular flexibility index (Phi) is 11.1. The zero-order chi connectivity index (χ0) is 27.7. The minimum atomic E-state index is -2.06. The summed E-state index contributed by atoms with van der Waals surface area (Å²) in [5.74, 6) is -0.564. The van der Waals surface area contributed by atoms with Crippen molar-refractivity contribution in [3.05, 3.63) is 108 Å². The number of rotatable bonds is 11. The highest BCUT2D eigenvalue weighted by Gasteiger charge is 2.50. The maximum Gasteiger partial charge on any atom is 0.265 e. The molecule has 39 heavy (non-hydrogen) atoms. The molecule has 9 heteroatoms. The fraction of sp³-hybridized carbons (Fsp3) is 0.367. The lowest BCUT2D eigenvalue weighted by Gasteiger charge is -2.45. The van der Waals surface area contributed by atoms with E-state index in [-0.39, 0.29) is 6.61 Å². The van der Waals surface area contributed by atoms with Crippen LogP contribution in [0, 0.1) is 5.41 Å². The zero-order valence-corrected chi connectivity index (χ0v) is 23.8. The van der Waals surface area contributed by atoms with Gasteiger partial charge in [-0.2, -0.15) is 0 Å². The molecule has 4 rings (SSSR count). The smallest absolute Gasteiger partial charge is 0.265 e.